The Hall–Kier alpha value is -3.42. The average Bonchev–Trinajstić information content (AvgIpc) is 2.68. The number of anilines is 1. The predicted molar refractivity (Wildman–Crippen MR) is 103 cm³/mol. The zero-order chi connectivity index (χ0) is 20.5. The minimum Gasteiger partial charge on any atom is -0.481 e. The molecule has 1 N–H and O–H groups in total. The van der Waals surface area contributed by atoms with Crippen LogP contribution < -0.4 is 10.1 Å². The van der Waals surface area contributed by atoms with Crippen LogP contribution in [0.3, 0.4) is 0 Å². The molecule has 0 unspecified atom stereocenters. The van der Waals surface area contributed by atoms with Gasteiger partial charge in [0.2, 0.25) is 0 Å². The summed E-state index contributed by atoms with van der Waals surface area (Å²) in [5.41, 5.74) is 0.285. The zero-order valence-corrected chi connectivity index (χ0v) is 15.7. The lowest BCUT2D eigenvalue weighted by Gasteiger charge is -2.15. The standard InChI is InChI=1S/C20H22N2O6/c1-3-4-13-27-20(24)15-9-11-16(12-10-15)28-14(2)19(23)21-17-7-5-6-8-18(17)22(25)26/h5-12,14H,3-4,13H2,1-2H3,(H,21,23)/t14-/m0/s1. The van der Waals surface area contributed by atoms with Gasteiger partial charge in [0.05, 0.1) is 17.1 Å². The second-order valence-electron chi connectivity index (χ2n) is 6.04. The smallest absolute Gasteiger partial charge is 0.338 e. The number of rotatable bonds is 9. The van der Waals surface area contributed by atoms with E-state index in [1.54, 1.807) is 30.3 Å². The van der Waals surface area contributed by atoms with Crippen LogP contribution in [-0.4, -0.2) is 29.5 Å². The number of hydrogen-bond donors (Lipinski definition) is 1. The van der Waals surface area contributed by atoms with Gasteiger partial charge in [-0.3, -0.25) is 14.9 Å². The Morgan fingerprint density at radius 1 is 1.14 bits per heavy atom. The van der Waals surface area contributed by atoms with Crippen molar-refractivity contribution in [1.82, 2.24) is 0 Å². The van der Waals surface area contributed by atoms with E-state index in [-0.39, 0.29) is 11.4 Å². The van der Waals surface area contributed by atoms with E-state index in [1.165, 1.54) is 25.1 Å². The Kier molecular flexibility index (Phi) is 7.50. The van der Waals surface area contributed by atoms with Gasteiger partial charge in [-0.05, 0) is 43.7 Å². The van der Waals surface area contributed by atoms with Crippen LogP contribution in [0.1, 0.15) is 37.0 Å². The van der Waals surface area contributed by atoms with Gasteiger partial charge in [0.25, 0.3) is 11.6 Å². The highest BCUT2D eigenvalue weighted by Crippen LogP contribution is 2.23. The Morgan fingerprint density at radius 2 is 1.82 bits per heavy atom. The Labute approximate surface area is 162 Å². The minimum atomic E-state index is -0.901. The van der Waals surface area contributed by atoms with Gasteiger partial charge >= 0.3 is 5.97 Å². The molecule has 0 spiro atoms. The van der Waals surface area contributed by atoms with Crippen LogP contribution in [0.15, 0.2) is 48.5 Å². The molecule has 28 heavy (non-hydrogen) atoms. The van der Waals surface area contributed by atoms with Gasteiger partial charge in [-0.15, -0.1) is 0 Å². The second-order valence-corrected chi connectivity index (χ2v) is 6.04. The molecule has 0 heterocycles. The van der Waals surface area contributed by atoms with Gasteiger partial charge in [0.15, 0.2) is 6.10 Å². The summed E-state index contributed by atoms with van der Waals surface area (Å²) in [6, 6.07) is 12.1. The van der Waals surface area contributed by atoms with Crippen molar-refractivity contribution in [2.45, 2.75) is 32.8 Å². The molecule has 0 aromatic heterocycles. The monoisotopic (exact) mass is 386 g/mol. The molecule has 2 rings (SSSR count). The molecule has 8 heteroatoms. The number of benzene rings is 2. The van der Waals surface area contributed by atoms with Gasteiger partial charge in [0.1, 0.15) is 11.4 Å². The highest BCUT2D eigenvalue weighted by molar-refractivity contribution is 5.96. The molecule has 2 aromatic carbocycles. The minimum absolute atomic E-state index is 0.0955. The van der Waals surface area contributed by atoms with Crippen molar-refractivity contribution in [3.8, 4) is 5.75 Å². The summed E-state index contributed by atoms with van der Waals surface area (Å²) in [6.45, 7) is 3.90. The van der Waals surface area contributed by atoms with Crippen LogP contribution in [-0.2, 0) is 9.53 Å². The number of nitrogens with one attached hydrogen (secondary N) is 1. The van der Waals surface area contributed by atoms with Crippen molar-refractivity contribution in [3.05, 3.63) is 64.2 Å². The number of amides is 1. The molecule has 0 aliphatic rings. The maximum absolute atomic E-state index is 12.3. The van der Waals surface area contributed by atoms with Crippen molar-refractivity contribution in [1.29, 1.82) is 0 Å². The lowest BCUT2D eigenvalue weighted by atomic mass is 10.2. The SMILES string of the molecule is CCCCOC(=O)c1ccc(O[C@@H](C)C(=O)Nc2ccccc2[N+](=O)[O-])cc1. The molecule has 1 amide bonds. The van der Waals surface area contributed by atoms with E-state index in [0.29, 0.717) is 17.9 Å². The van der Waals surface area contributed by atoms with Crippen LogP contribution in [0.4, 0.5) is 11.4 Å². The van der Waals surface area contributed by atoms with E-state index in [1.807, 2.05) is 6.92 Å². The van der Waals surface area contributed by atoms with E-state index in [9.17, 15) is 19.7 Å². The molecule has 0 saturated heterocycles. The van der Waals surface area contributed by atoms with E-state index in [0.717, 1.165) is 12.8 Å². The summed E-state index contributed by atoms with van der Waals surface area (Å²) in [5.74, 6) is -0.560. The van der Waals surface area contributed by atoms with Crippen molar-refractivity contribution >= 4 is 23.3 Å². The summed E-state index contributed by atoms with van der Waals surface area (Å²) in [6.07, 6.45) is 0.841. The van der Waals surface area contributed by atoms with E-state index < -0.39 is 22.9 Å². The largest absolute Gasteiger partial charge is 0.481 e. The summed E-state index contributed by atoms with van der Waals surface area (Å²) in [4.78, 5) is 34.6. The van der Waals surface area contributed by atoms with Gasteiger partial charge < -0.3 is 14.8 Å². The van der Waals surface area contributed by atoms with Gasteiger partial charge in [-0.2, -0.15) is 0 Å². The average molecular weight is 386 g/mol. The number of carbonyl (C=O) groups excluding carboxylic acids is 2. The van der Waals surface area contributed by atoms with E-state index in [4.69, 9.17) is 9.47 Å². The first-order valence-electron chi connectivity index (χ1n) is 8.90. The fourth-order valence-corrected chi connectivity index (χ4v) is 2.29. The third-order valence-electron chi connectivity index (χ3n) is 3.86. The van der Waals surface area contributed by atoms with Crippen LogP contribution in [0, 0.1) is 10.1 Å². The molecule has 1 atom stereocenters. The molecule has 0 aliphatic carbocycles. The number of hydrogen-bond acceptors (Lipinski definition) is 6. The Morgan fingerprint density at radius 3 is 2.46 bits per heavy atom. The third kappa shape index (κ3) is 5.80. The predicted octanol–water partition coefficient (Wildman–Crippen LogP) is 3.96. The molecule has 148 valence electrons. The fraction of sp³-hybridized carbons (Fsp3) is 0.300. The zero-order valence-electron chi connectivity index (χ0n) is 15.7. The number of nitro benzene ring substituents is 1. The van der Waals surface area contributed by atoms with Crippen LogP contribution in [0.2, 0.25) is 0 Å². The van der Waals surface area contributed by atoms with E-state index >= 15 is 0 Å². The molecule has 0 saturated carbocycles. The molecule has 2 aromatic rings. The van der Waals surface area contributed by atoms with Crippen molar-refractivity contribution in [2.75, 3.05) is 11.9 Å². The highest BCUT2D eigenvalue weighted by Gasteiger charge is 2.20. The lowest BCUT2D eigenvalue weighted by molar-refractivity contribution is -0.383. The summed E-state index contributed by atoms with van der Waals surface area (Å²) in [7, 11) is 0. The number of para-hydroxylation sites is 2. The number of ether oxygens (including phenoxy) is 2. The first-order chi connectivity index (χ1) is 13.4. The van der Waals surface area contributed by atoms with E-state index in [2.05, 4.69) is 5.32 Å². The Bertz CT molecular complexity index is 835. The van der Waals surface area contributed by atoms with Gasteiger partial charge in [0, 0.05) is 6.07 Å². The number of carbonyl (C=O) groups is 2. The number of nitrogens with zero attached hydrogens (tertiary/aromatic N) is 1. The first-order valence-corrected chi connectivity index (χ1v) is 8.90. The van der Waals surface area contributed by atoms with Crippen LogP contribution in [0.25, 0.3) is 0 Å². The highest BCUT2D eigenvalue weighted by atomic mass is 16.6. The van der Waals surface area contributed by atoms with Crippen molar-refractivity contribution in [3.63, 3.8) is 0 Å². The molecule has 0 bridgehead atoms. The first kappa shape index (κ1) is 20.9. The number of nitro groups is 1. The molecule has 0 fully saturated rings. The van der Waals surface area contributed by atoms with Crippen molar-refractivity contribution in [2.24, 2.45) is 0 Å². The van der Waals surface area contributed by atoms with Gasteiger partial charge in [-0.25, -0.2) is 4.79 Å². The quantitative estimate of drug-likeness (QED) is 0.302. The topological polar surface area (TPSA) is 108 Å². The molecule has 0 radical (unpaired) electrons. The van der Waals surface area contributed by atoms with Crippen LogP contribution >= 0.6 is 0 Å². The second kappa shape index (κ2) is 10.1. The van der Waals surface area contributed by atoms with Crippen LogP contribution in [0.5, 0.6) is 5.75 Å². The fourth-order valence-electron chi connectivity index (χ4n) is 2.29. The summed E-state index contributed by atoms with van der Waals surface area (Å²) < 4.78 is 10.7. The van der Waals surface area contributed by atoms with Crippen molar-refractivity contribution < 1.29 is 24.0 Å². The summed E-state index contributed by atoms with van der Waals surface area (Å²) >= 11 is 0. The molecule has 0 aliphatic heterocycles. The maximum Gasteiger partial charge on any atom is 0.338 e. The molecular formula is C20H22N2O6. The summed E-state index contributed by atoms with van der Waals surface area (Å²) in [5, 5.41) is 13.5. The third-order valence-corrected chi connectivity index (χ3v) is 3.86. The van der Waals surface area contributed by atoms with Gasteiger partial charge in [-0.1, -0.05) is 25.5 Å². The normalized spacial score (nSPS) is 11.4. The number of unbranched alkanes of at least 4 members (excludes halogenated alkanes) is 1. The molecular weight excluding hydrogens is 364 g/mol. The lowest BCUT2D eigenvalue weighted by Crippen LogP contribution is -2.30. The molecule has 8 nitrogen and oxygen atoms in total. The maximum atomic E-state index is 12.3. The Balaban J connectivity index is 1.95. The number of esters is 1.